The normalized spacial score (nSPS) is 10.5. The topological polar surface area (TPSA) is 117 Å². The van der Waals surface area contributed by atoms with Crippen LogP contribution in [0, 0.1) is 5.92 Å². The third-order valence-electron chi connectivity index (χ3n) is 7.08. The smallest absolute Gasteiger partial charge is 0.319 e. The number of esters is 1. The Labute approximate surface area is 253 Å². The number of para-hydroxylation sites is 3. The van der Waals surface area contributed by atoms with Gasteiger partial charge in [0.2, 0.25) is 5.91 Å². The fourth-order valence-electron chi connectivity index (χ4n) is 4.40. The molecule has 10 heteroatoms. The van der Waals surface area contributed by atoms with E-state index < -0.39 is 6.03 Å². The van der Waals surface area contributed by atoms with E-state index in [0.717, 1.165) is 18.5 Å². The van der Waals surface area contributed by atoms with Gasteiger partial charge in [-0.1, -0.05) is 69.2 Å². The minimum absolute atomic E-state index is 0.0761. The van der Waals surface area contributed by atoms with Gasteiger partial charge in [-0.3, -0.25) is 14.4 Å². The summed E-state index contributed by atoms with van der Waals surface area (Å²) in [7, 11) is 3.00. The highest BCUT2D eigenvalue weighted by atomic mass is 16.5. The molecule has 10 nitrogen and oxygen atoms in total. The second-order valence-corrected chi connectivity index (χ2v) is 9.99. The number of carbonyl (C=O) groups is 4. The lowest BCUT2D eigenvalue weighted by atomic mass is 10.0. The van der Waals surface area contributed by atoms with Crippen LogP contribution in [-0.2, 0) is 25.5 Å². The van der Waals surface area contributed by atoms with Crippen molar-refractivity contribution in [1.82, 2.24) is 5.32 Å². The Morgan fingerprint density at radius 2 is 1.56 bits per heavy atom. The predicted octanol–water partition coefficient (Wildman–Crippen LogP) is 5.03. The van der Waals surface area contributed by atoms with Crippen LogP contribution in [0.4, 0.5) is 21.9 Å². The lowest BCUT2D eigenvalue weighted by molar-refractivity contribution is -0.139. The third kappa shape index (κ3) is 9.88. The van der Waals surface area contributed by atoms with Gasteiger partial charge in [-0.2, -0.15) is 0 Å². The Balaban J connectivity index is 1.70. The van der Waals surface area contributed by atoms with Crippen molar-refractivity contribution in [2.75, 3.05) is 49.0 Å². The molecule has 228 valence electrons. The zero-order valence-electron chi connectivity index (χ0n) is 25.2. The number of urea groups is 1. The largest absolute Gasteiger partial charge is 0.482 e. The molecule has 0 aliphatic heterocycles. The van der Waals surface area contributed by atoms with E-state index in [1.54, 1.807) is 60.5 Å². The van der Waals surface area contributed by atoms with Gasteiger partial charge in [0.15, 0.2) is 6.61 Å². The second-order valence-electron chi connectivity index (χ2n) is 9.99. The first-order valence-electron chi connectivity index (χ1n) is 14.3. The minimum Gasteiger partial charge on any atom is -0.482 e. The number of anilines is 3. The number of ether oxygens (including phenoxy) is 2. The van der Waals surface area contributed by atoms with Crippen molar-refractivity contribution < 1.29 is 28.7 Å². The van der Waals surface area contributed by atoms with Crippen molar-refractivity contribution in [3.05, 3.63) is 84.4 Å². The van der Waals surface area contributed by atoms with Crippen LogP contribution in [0.25, 0.3) is 0 Å². The van der Waals surface area contributed by atoms with Gasteiger partial charge >= 0.3 is 12.0 Å². The number of amides is 4. The van der Waals surface area contributed by atoms with Crippen molar-refractivity contribution in [1.29, 1.82) is 0 Å². The first kappa shape index (κ1) is 32.7. The Morgan fingerprint density at radius 3 is 2.26 bits per heavy atom. The molecule has 4 amide bonds. The molecule has 0 heterocycles. The number of carbonyl (C=O) groups excluding carboxylic acids is 4. The van der Waals surface area contributed by atoms with Gasteiger partial charge in [0.25, 0.3) is 5.91 Å². The molecule has 3 rings (SSSR count). The van der Waals surface area contributed by atoms with Crippen LogP contribution in [0.1, 0.15) is 32.3 Å². The molecule has 0 saturated heterocycles. The fraction of sp³-hybridized carbons (Fsp3) is 0.333. The highest BCUT2D eigenvalue weighted by Crippen LogP contribution is 2.30. The number of methoxy groups -OCH3 is 1. The molecule has 0 aliphatic carbocycles. The van der Waals surface area contributed by atoms with Crippen molar-refractivity contribution >= 4 is 40.9 Å². The molecule has 3 aromatic rings. The molecule has 0 fully saturated rings. The molecule has 0 radical (unpaired) electrons. The molecule has 0 unspecified atom stereocenters. The summed E-state index contributed by atoms with van der Waals surface area (Å²) in [6.07, 6.45) is 1.80. The molecule has 0 spiro atoms. The van der Waals surface area contributed by atoms with Gasteiger partial charge in [-0.05, 0) is 47.9 Å². The number of benzene rings is 3. The maximum absolute atomic E-state index is 13.6. The van der Waals surface area contributed by atoms with E-state index in [4.69, 9.17) is 9.47 Å². The quantitative estimate of drug-likeness (QED) is 0.255. The first-order valence-corrected chi connectivity index (χ1v) is 14.3. The van der Waals surface area contributed by atoms with Crippen LogP contribution >= 0.6 is 0 Å². The Bertz CT molecular complexity index is 1380. The van der Waals surface area contributed by atoms with E-state index in [1.807, 2.05) is 30.3 Å². The molecule has 2 N–H and O–H groups in total. The molecular formula is C33H40N4O6. The van der Waals surface area contributed by atoms with Gasteiger partial charge in [-0.15, -0.1) is 0 Å². The standard InChI is InChI=1S/C33H40N4O6/c1-5-24(6-2)22-37(30(38)21-34-33(41)35-26-14-12-13-25(19-26)20-32(40)42-4)28-17-10-11-18-29(28)43-23-31(39)36(3)27-15-8-7-9-16-27/h7-19,24H,5-6,20-23H2,1-4H3,(H2,34,35,41). The summed E-state index contributed by atoms with van der Waals surface area (Å²) < 4.78 is 10.7. The first-order chi connectivity index (χ1) is 20.7. The highest BCUT2D eigenvalue weighted by molar-refractivity contribution is 5.99. The number of hydrogen-bond donors (Lipinski definition) is 2. The van der Waals surface area contributed by atoms with Gasteiger partial charge in [0.1, 0.15) is 5.75 Å². The minimum atomic E-state index is -0.565. The predicted molar refractivity (Wildman–Crippen MR) is 167 cm³/mol. The molecular weight excluding hydrogens is 548 g/mol. The molecule has 0 saturated carbocycles. The van der Waals surface area contributed by atoms with Crippen LogP contribution in [0.3, 0.4) is 0 Å². The van der Waals surface area contributed by atoms with Crippen molar-refractivity contribution in [3.63, 3.8) is 0 Å². The Kier molecular flexibility index (Phi) is 12.6. The average molecular weight is 589 g/mol. The summed E-state index contributed by atoms with van der Waals surface area (Å²) in [6, 6.07) is 22.6. The Morgan fingerprint density at radius 1 is 0.860 bits per heavy atom. The maximum atomic E-state index is 13.6. The number of rotatable bonds is 14. The number of likely N-dealkylation sites (N-methyl/N-ethyl adjacent to an activating group) is 1. The van der Waals surface area contributed by atoms with E-state index >= 15 is 0 Å². The zero-order valence-corrected chi connectivity index (χ0v) is 25.2. The molecule has 0 atom stereocenters. The van der Waals surface area contributed by atoms with Crippen LogP contribution in [-0.4, -0.2) is 57.7 Å². The molecule has 0 aliphatic rings. The van der Waals surface area contributed by atoms with Gasteiger partial charge < -0.3 is 29.9 Å². The summed E-state index contributed by atoms with van der Waals surface area (Å²) in [5.41, 5.74) is 2.42. The van der Waals surface area contributed by atoms with E-state index in [-0.39, 0.29) is 43.3 Å². The van der Waals surface area contributed by atoms with Crippen LogP contribution in [0.15, 0.2) is 78.9 Å². The Hall–Kier alpha value is -4.86. The monoisotopic (exact) mass is 588 g/mol. The molecule has 43 heavy (non-hydrogen) atoms. The SMILES string of the molecule is CCC(CC)CN(C(=O)CNC(=O)Nc1cccc(CC(=O)OC)c1)c1ccccc1OCC(=O)N(C)c1ccccc1. The van der Waals surface area contributed by atoms with Crippen molar-refractivity contribution in [2.24, 2.45) is 5.92 Å². The van der Waals surface area contributed by atoms with Gasteiger partial charge in [0.05, 0.1) is 25.8 Å². The van der Waals surface area contributed by atoms with Gasteiger partial charge in [-0.25, -0.2) is 4.79 Å². The van der Waals surface area contributed by atoms with Crippen LogP contribution < -0.4 is 25.2 Å². The lowest BCUT2D eigenvalue weighted by Gasteiger charge is -2.29. The van der Waals surface area contributed by atoms with E-state index in [1.165, 1.54) is 12.0 Å². The summed E-state index contributed by atoms with van der Waals surface area (Å²) in [4.78, 5) is 53.8. The highest BCUT2D eigenvalue weighted by Gasteiger charge is 2.23. The summed E-state index contributed by atoms with van der Waals surface area (Å²) in [6.45, 7) is 4.07. The van der Waals surface area contributed by atoms with E-state index in [9.17, 15) is 19.2 Å². The van der Waals surface area contributed by atoms with Crippen molar-refractivity contribution in [3.8, 4) is 5.75 Å². The van der Waals surface area contributed by atoms with Crippen LogP contribution in [0.5, 0.6) is 5.75 Å². The number of hydrogen-bond acceptors (Lipinski definition) is 6. The lowest BCUT2D eigenvalue weighted by Crippen LogP contribution is -2.43. The fourth-order valence-corrected chi connectivity index (χ4v) is 4.40. The van der Waals surface area contributed by atoms with Crippen LogP contribution in [0.2, 0.25) is 0 Å². The maximum Gasteiger partial charge on any atom is 0.319 e. The van der Waals surface area contributed by atoms with E-state index in [2.05, 4.69) is 24.5 Å². The molecule has 0 bridgehead atoms. The molecule has 0 aromatic heterocycles. The van der Waals surface area contributed by atoms with Gasteiger partial charge in [0, 0.05) is 25.0 Å². The summed E-state index contributed by atoms with van der Waals surface area (Å²) in [5, 5.41) is 5.33. The summed E-state index contributed by atoms with van der Waals surface area (Å²) >= 11 is 0. The summed E-state index contributed by atoms with van der Waals surface area (Å²) in [5.74, 6) is -0.350. The molecule has 3 aromatic carbocycles. The number of nitrogens with one attached hydrogen (secondary N) is 2. The average Bonchev–Trinajstić information content (AvgIpc) is 3.03. The zero-order chi connectivity index (χ0) is 31.2. The number of nitrogens with zero attached hydrogens (tertiary/aromatic N) is 2. The second kappa shape index (κ2) is 16.5. The van der Waals surface area contributed by atoms with Crippen molar-refractivity contribution in [2.45, 2.75) is 33.1 Å². The van der Waals surface area contributed by atoms with E-state index in [0.29, 0.717) is 29.2 Å². The third-order valence-corrected chi connectivity index (χ3v) is 7.08.